The van der Waals surface area contributed by atoms with Crippen LogP contribution in [-0.2, 0) is 28.9 Å². The molecule has 3 atom stereocenters. The van der Waals surface area contributed by atoms with Crippen LogP contribution in [-0.4, -0.2) is 66.7 Å². The van der Waals surface area contributed by atoms with Crippen molar-refractivity contribution in [3.63, 3.8) is 0 Å². The maximum atomic E-state index is 14.1. The molecule has 2 amide bonds. The van der Waals surface area contributed by atoms with Gasteiger partial charge in [0.05, 0.1) is 23.6 Å². The SMILES string of the molecule is COc1cc(S(C)(=O)=O)ccc1N(C(=O)OC(OC(=O)C(N)C(C)C)C(C)C)c1nc2ccc(-c3ccc(NC(=O)C(C)c4ccc(F)cc4)cc3)cn2n1. The zero-order valence-electron chi connectivity index (χ0n) is 31.4. The van der Waals surface area contributed by atoms with E-state index < -0.39 is 46.1 Å². The van der Waals surface area contributed by atoms with Gasteiger partial charge in [0.15, 0.2) is 15.5 Å². The normalized spacial score (nSPS) is 13.3. The summed E-state index contributed by atoms with van der Waals surface area (Å²) in [4.78, 5) is 45.2. The lowest BCUT2D eigenvalue weighted by molar-refractivity contribution is -0.177. The summed E-state index contributed by atoms with van der Waals surface area (Å²) >= 11 is 0. The first-order valence-corrected chi connectivity index (χ1v) is 19.2. The van der Waals surface area contributed by atoms with Crippen LogP contribution in [0.25, 0.3) is 16.8 Å². The first-order valence-electron chi connectivity index (χ1n) is 17.3. The fourth-order valence-corrected chi connectivity index (χ4v) is 5.95. The molecule has 2 heterocycles. The Bertz CT molecular complexity index is 2300. The Morgan fingerprint density at radius 2 is 1.53 bits per heavy atom. The van der Waals surface area contributed by atoms with Crippen LogP contribution in [0.3, 0.4) is 0 Å². The summed E-state index contributed by atoms with van der Waals surface area (Å²) in [6.07, 6.45) is 0.335. The van der Waals surface area contributed by atoms with E-state index in [4.69, 9.17) is 19.9 Å². The second kappa shape index (κ2) is 16.7. The van der Waals surface area contributed by atoms with Gasteiger partial charge in [-0.05, 0) is 72.5 Å². The van der Waals surface area contributed by atoms with Gasteiger partial charge in [0.1, 0.15) is 17.6 Å². The van der Waals surface area contributed by atoms with Crippen LogP contribution in [0.4, 0.5) is 26.5 Å². The summed E-state index contributed by atoms with van der Waals surface area (Å²) in [5, 5.41) is 7.45. The van der Waals surface area contributed by atoms with Gasteiger partial charge in [0.2, 0.25) is 5.91 Å². The maximum absolute atomic E-state index is 14.1. The maximum Gasteiger partial charge on any atom is 0.424 e. The van der Waals surface area contributed by atoms with E-state index in [1.54, 1.807) is 77.2 Å². The molecule has 5 aromatic rings. The van der Waals surface area contributed by atoms with Gasteiger partial charge in [-0.3, -0.25) is 9.59 Å². The van der Waals surface area contributed by atoms with E-state index in [0.29, 0.717) is 16.9 Å². The Kier molecular flexibility index (Phi) is 12.2. The molecule has 3 N–H and O–H groups in total. The molecular weight excluding hydrogens is 732 g/mol. The summed E-state index contributed by atoms with van der Waals surface area (Å²) in [7, 11) is -2.34. The number of benzene rings is 3. The highest BCUT2D eigenvalue weighted by atomic mass is 32.2. The third-order valence-corrected chi connectivity index (χ3v) is 9.87. The van der Waals surface area contributed by atoms with Crippen LogP contribution in [0.5, 0.6) is 5.75 Å². The lowest BCUT2D eigenvalue weighted by atomic mass is 10.00. The topological polar surface area (TPSA) is 185 Å². The van der Waals surface area contributed by atoms with Crippen molar-refractivity contribution in [2.24, 2.45) is 17.6 Å². The van der Waals surface area contributed by atoms with Crippen molar-refractivity contribution < 1.29 is 41.4 Å². The largest absolute Gasteiger partial charge is 0.495 e. The zero-order valence-corrected chi connectivity index (χ0v) is 32.2. The highest BCUT2D eigenvalue weighted by Crippen LogP contribution is 2.36. The van der Waals surface area contributed by atoms with E-state index in [2.05, 4.69) is 15.4 Å². The number of methoxy groups -OCH3 is 1. The summed E-state index contributed by atoms with van der Waals surface area (Å²) in [5.41, 5.74) is 9.13. The third-order valence-electron chi connectivity index (χ3n) is 8.76. The number of amides is 2. The predicted octanol–water partition coefficient (Wildman–Crippen LogP) is 6.47. The highest BCUT2D eigenvalue weighted by molar-refractivity contribution is 7.90. The molecule has 0 aliphatic carbocycles. The fourth-order valence-electron chi connectivity index (χ4n) is 5.31. The Hall–Kier alpha value is -5.87. The number of pyridine rings is 1. The molecule has 0 saturated heterocycles. The number of carbonyl (C=O) groups excluding carboxylic acids is 3. The number of nitrogens with one attached hydrogen (secondary N) is 1. The molecule has 3 aromatic carbocycles. The molecule has 5 rings (SSSR count). The minimum atomic E-state index is -3.65. The predicted molar refractivity (Wildman–Crippen MR) is 204 cm³/mol. The molecule has 0 radical (unpaired) electrons. The lowest BCUT2D eigenvalue weighted by Gasteiger charge is -2.27. The van der Waals surface area contributed by atoms with Crippen molar-refractivity contribution in [2.45, 2.75) is 57.8 Å². The van der Waals surface area contributed by atoms with Crippen LogP contribution < -0.4 is 20.7 Å². The zero-order chi connectivity index (χ0) is 40.2. The lowest BCUT2D eigenvalue weighted by Crippen LogP contribution is -2.42. The van der Waals surface area contributed by atoms with Gasteiger partial charge in [-0.15, -0.1) is 5.10 Å². The number of fused-ring (bicyclic) bond motifs is 1. The molecule has 55 heavy (non-hydrogen) atoms. The second-order valence-corrected chi connectivity index (χ2v) is 15.6. The molecule has 0 spiro atoms. The molecule has 0 aliphatic rings. The number of carbonyl (C=O) groups is 3. The van der Waals surface area contributed by atoms with Crippen LogP contribution in [0.2, 0.25) is 0 Å². The summed E-state index contributed by atoms with van der Waals surface area (Å²) in [6, 6.07) is 19.4. The molecule has 2 aromatic heterocycles. The number of rotatable bonds is 13. The van der Waals surface area contributed by atoms with Gasteiger partial charge in [-0.25, -0.2) is 27.0 Å². The average molecular weight is 775 g/mol. The van der Waals surface area contributed by atoms with E-state index in [1.807, 2.05) is 12.1 Å². The summed E-state index contributed by atoms with van der Waals surface area (Å²) in [5.74, 6) is -2.77. The van der Waals surface area contributed by atoms with Gasteiger partial charge < -0.3 is 25.3 Å². The van der Waals surface area contributed by atoms with Crippen molar-refractivity contribution in [3.05, 3.63) is 96.4 Å². The van der Waals surface area contributed by atoms with Crippen LogP contribution >= 0.6 is 0 Å². The summed E-state index contributed by atoms with van der Waals surface area (Å²) in [6.45, 7) is 8.63. The Morgan fingerprint density at radius 3 is 2.13 bits per heavy atom. The number of halogens is 1. The van der Waals surface area contributed by atoms with E-state index in [1.165, 1.54) is 42.0 Å². The third kappa shape index (κ3) is 9.45. The van der Waals surface area contributed by atoms with E-state index in [9.17, 15) is 27.2 Å². The van der Waals surface area contributed by atoms with Crippen LogP contribution in [0.15, 0.2) is 90.0 Å². The van der Waals surface area contributed by atoms with Gasteiger partial charge in [-0.1, -0.05) is 52.0 Å². The van der Waals surface area contributed by atoms with Crippen molar-refractivity contribution in [3.8, 4) is 16.9 Å². The van der Waals surface area contributed by atoms with Crippen molar-refractivity contribution in [1.29, 1.82) is 0 Å². The molecule has 290 valence electrons. The van der Waals surface area contributed by atoms with Crippen LogP contribution in [0.1, 0.15) is 46.1 Å². The number of nitrogens with zero attached hydrogens (tertiary/aromatic N) is 4. The number of sulfone groups is 1. The first kappa shape index (κ1) is 40.3. The van der Waals surface area contributed by atoms with E-state index >= 15 is 0 Å². The molecule has 3 unspecified atom stereocenters. The number of esters is 1. The van der Waals surface area contributed by atoms with E-state index in [0.717, 1.165) is 22.3 Å². The number of anilines is 3. The molecule has 0 bridgehead atoms. The number of nitrogens with two attached hydrogens (primary N) is 1. The van der Waals surface area contributed by atoms with Crippen molar-refractivity contribution in [1.82, 2.24) is 14.6 Å². The Labute approximate surface area is 318 Å². The van der Waals surface area contributed by atoms with Crippen LogP contribution in [0, 0.1) is 17.7 Å². The first-order chi connectivity index (χ1) is 26.0. The highest BCUT2D eigenvalue weighted by Gasteiger charge is 2.33. The minimum absolute atomic E-state index is 0.00131. The minimum Gasteiger partial charge on any atom is -0.495 e. The summed E-state index contributed by atoms with van der Waals surface area (Å²) < 4.78 is 56.3. The Morgan fingerprint density at radius 1 is 0.873 bits per heavy atom. The van der Waals surface area contributed by atoms with E-state index in [-0.39, 0.29) is 39.9 Å². The van der Waals surface area contributed by atoms with Gasteiger partial charge >= 0.3 is 12.1 Å². The second-order valence-electron chi connectivity index (χ2n) is 13.6. The quantitative estimate of drug-likeness (QED) is 0.0987. The number of aromatic nitrogens is 3. The molecule has 14 nitrogen and oxygen atoms in total. The smallest absolute Gasteiger partial charge is 0.424 e. The van der Waals surface area contributed by atoms with Crippen molar-refractivity contribution in [2.75, 3.05) is 23.6 Å². The van der Waals surface area contributed by atoms with Gasteiger partial charge in [0, 0.05) is 35.7 Å². The van der Waals surface area contributed by atoms with Crippen molar-refractivity contribution >= 4 is 50.8 Å². The molecule has 0 fully saturated rings. The number of ether oxygens (including phenoxy) is 3. The molecule has 16 heteroatoms. The molecular formula is C39H43FN6O8S. The standard InChI is InChI=1S/C39H43FN6O8S/c1-22(2)34(41)36(48)53-37(23(3)4)54-39(49)46(31-18-17-30(55(7,50)51)20-32(31)52-6)38-43-33-19-12-27(21-45(33)44-38)26-10-15-29(16-11-26)42-35(47)24(5)25-8-13-28(40)14-9-25/h8-24,34,37H,41H2,1-7H3,(H,42,47). The molecule has 0 saturated carbocycles. The fraction of sp³-hybridized carbons (Fsp3) is 0.308. The van der Waals surface area contributed by atoms with Gasteiger partial charge in [0.25, 0.3) is 12.2 Å². The number of hydrogen-bond donors (Lipinski definition) is 2. The van der Waals surface area contributed by atoms with Gasteiger partial charge in [-0.2, -0.15) is 4.98 Å². The number of hydrogen-bond acceptors (Lipinski definition) is 11. The Balaban J connectivity index is 1.46. The molecule has 0 aliphatic heterocycles. The average Bonchev–Trinajstić information content (AvgIpc) is 3.57. The monoisotopic (exact) mass is 774 g/mol.